The van der Waals surface area contributed by atoms with Crippen LogP contribution in [-0.4, -0.2) is 20.8 Å². The average Bonchev–Trinajstić information content (AvgIpc) is 2.41. The molecule has 2 aromatic rings. The van der Waals surface area contributed by atoms with E-state index in [1.807, 2.05) is 13.0 Å². The maximum absolute atomic E-state index is 12.1. The Bertz CT molecular complexity index is 696. The van der Waals surface area contributed by atoms with Crippen LogP contribution in [0.4, 0.5) is 5.69 Å². The monoisotopic (exact) mass is 291 g/mol. The van der Waals surface area contributed by atoms with E-state index in [-0.39, 0.29) is 12.4 Å². The molecule has 0 spiro atoms. The highest BCUT2D eigenvalue weighted by atomic mass is 32.2. The Hall–Kier alpha value is -2.01. The van der Waals surface area contributed by atoms with Gasteiger partial charge in [-0.15, -0.1) is 0 Å². The first-order chi connectivity index (χ1) is 9.49. The summed E-state index contributed by atoms with van der Waals surface area (Å²) in [5, 5.41) is 0. The first-order valence-electron chi connectivity index (χ1n) is 6.26. The Morgan fingerprint density at radius 2 is 1.85 bits per heavy atom. The molecule has 2 rings (SSSR count). The lowest BCUT2D eigenvalue weighted by molar-refractivity contribution is 0.342. The van der Waals surface area contributed by atoms with Crippen LogP contribution in [0.15, 0.2) is 53.4 Å². The van der Waals surface area contributed by atoms with Crippen molar-refractivity contribution in [3.63, 3.8) is 0 Å². The van der Waals surface area contributed by atoms with Crippen LogP contribution in [0.3, 0.4) is 0 Å². The smallest absolute Gasteiger partial charge is 0.181 e. The SMILES string of the molecule is Cc1cccc(S(=O)(=O)CCOc2ccccc2N)c1. The van der Waals surface area contributed by atoms with Crippen LogP contribution in [0.2, 0.25) is 0 Å². The zero-order valence-electron chi connectivity index (χ0n) is 11.2. The Morgan fingerprint density at radius 3 is 2.55 bits per heavy atom. The molecule has 0 atom stereocenters. The number of benzene rings is 2. The molecule has 0 amide bonds. The van der Waals surface area contributed by atoms with Crippen LogP contribution in [0.5, 0.6) is 5.75 Å². The quantitative estimate of drug-likeness (QED) is 0.859. The van der Waals surface area contributed by atoms with E-state index in [1.165, 1.54) is 0 Å². The van der Waals surface area contributed by atoms with Crippen molar-refractivity contribution >= 4 is 15.5 Å². The third kappa shape index (κ3) is 3.51. The molecule has 0 saturated carbocycles. The zero-order chi connectivity index (χ0) is 14.6. The molecule has 0 bridgehead atoms. The molecule has 20 heavy (non-hydrogen) atoms. The average molecular weight is 291 g/mol. The van der Waals surface area contributed by atoms with Crippen molar-refractivity contribution < 1.29 is 13.2 Å². The van der Waals surface area contributed by atoms with Crippen molar-refractivity contribution in [2.75, 3.05) is 18.1 Å². The molecule has 0 fully saturated rings. The summed E-state index contributed by atoms with van der Waals surface area (Å²) < 4.78 is 29.7. The molecule has 0 aromatic heterocycles. The largest absolute Gasteiger partial charge is 0.490 e. The number of nitrogens with two attached hydrogens (primary N) is 1. The molecule has 2 N–H and O–H groups in total. The number of ether oxygens (including phenoxy) is 1. The van der Waals surface area contributed by atoms with Gasteiger partial charge < -0.3 is 10.5 Å². The van der Waals surface area contributed by atoms with E-state index in [1.54, 1.807) is 42.5 Å². The first-order valence-corrected chi connectivity index (χ1v) is 7.91. The van der Waals surface area contributed by atoms with Crippen LogP contribution >= 0.6 is 0 Å². The molecular weight excluding hydrogens is 274 g/mol. The molecule has 5 heteroatoms. The summed E-state index contributed by atoms with van der Waals surface area (Å²) >= 11 is 0. The van der Waals surface area contributed by atoms with Gasteiger partial charge in [0.15, 0.2) is 9.84 Å². The van der Waals surface area contributed by atoms with Crippen LogP contribution in [0.25, 0.3) is 0 Å². The molecule has 0 unspecified atom stereocenters. The lowest BCUT2D eigenvalue weighted by atomic mass is 10.2. The van der Waals surface area contributed by atoms with Gasteiger partial charge in [0.25, 0.3) is 0 Å². The van der Waals surface area contributed by atoms with Gasteiger partial charge in [-0.2, -0.15) is 0 Å². The summed E-state index contributed by atoms with van der Waals surface area (Å²) in [6.45, 7) is 1.94. The van der Waals surface area contributed by atoms with Crippen molar-refractivity contribution in [3.05, 3.63) is 54.1 Å². The third-order valence-electron chi connectivity index (χ3n) is 2.88. The molecule has 106 valence electrons. The highest BCUT2D eigenvalue weighted by Crippen LogP contribution is 2.20. The number of rotatable bonds is 5. The van der Waals surface area contributed by atoms with E-state index in [4.69, 9.17) is 10.5 Å². The molecule has 0 aliphatic rings. The Labute approximate surface area is 119 Å². The highest BCUT2D eigenvalue weighted by molar-refractivity contribution is 7.91. The van der Waals surface area contributed by atoms with Gasteiger partial charge >= 0.3 is 0 Å². The van der Waals surface area contributed by atoms with Crippen LogP contribution in [0, 0.1) is 6.92 Å². The first kappa shape index (κ1) is 14.4. The molecule has 0 heterocycles. The third-order valence-corrected chi connectivity index (χ3v) is 4.55. The van der Waals surface area contributed by atoms with E-state index >= 15 is 0 Å². The maximum Gasteiger partial charge on any atom is 0.181 e. The molecule has 0 aliphatic carbocycles. The number of hydrogen-bond acceptors (Lipinski definition) is 4. The second kappa shape index (κ2) is 5.96. The lowest BCUT2D eigenvalue weighted by Gasteiger charge is -2.09. The van der Waals surface area contributed by atoms with Crippen LogP contribution < -0.4 is 10.5 Å². The number of para-hydroxylation sites is 2. The van der Waals surface area contributed by atoms with Crippen molar-refractivity contribution in [2.24, 2.45) is 0 Å². The number of aryl methyl sites for hydroxylation is 1. The predicted octanol–water partition coefficient (Wildman–Crippen LogP) is 2.43. The minimum Gasteiger partial charge on any atom is -0.490 e. The standard InChI is InChI=1S/C15H17NO3S/c1-12-5-4-6-13(11-12)20(17,18)10-9-19-15-8-3-2-7-14(15)16/h2-8,11H,9-10,16H2,1H3. The Balaban J connectivity index is 2.02. The second-order valence-electron chi connectivity index (χ2n) is 4.52. The fraction of sp³-hybridized carbons (Fsp3) is 0.200. The summed E-state index contributed by atoms with van der Waals surface area (Å²) in [5.74, 6) is 0.428. The van der Waals surface area contributed by atoms with E-state index in [0.29, 0.717) is 16.3 Å². The molecule has 0 radical (unpaired) electrons. The van der Waals surface area contributed by atoms with Gasteiger partial charge in [0.05, 0.1) is 16.3 Å². The number of hydrogen-bond donors (Lipinski definition) is 1. The lowest BCUT2D eigenvalue weighted by Crippen LogP contribution is -2.14. The number of sulfone groups is 1. The fourth-order valence-electron chi connectivity index (χ4n) is 1.80. The summed E-state index contributed by atoms with van der Waals surface area (Å²) in [7, 11) is -3.33. The van der Waals surface area contributed by atoms with Gasteiger partial charge in [0.2, 0.25) is 0 Å². The van der Waals surface area contributed by atoms with Crippen molar-refractivity contribution in [1.82, 2.24) is 0 Å². The van der Waals surface area contributed by atoms with Gasteiger partial charge in [-0.3, -0.25) is 0 Å². The Kier molecular flexibility index (Phi) is 4.29. The van der Waals surface area contributed by atoms with E-state index in [2.05, 4.69) is 0 Å². The summed E-state index contributed by atoms with van der Waals surface area (Å²) in [6, 6.07) is 13.9. The van der Waals surface area contributed by atoms with Gasteiger partial charge in [0, 0.05) is 0 Å². The molecule has 0 aliphatic heterocycles. The van der Waals surface area contributed by atoms with E-state index < -0.39 is 9.84 Å². The van der Waals surface area contributed by atoms with Gasteiger partial charge in [-0.1, -0.05) is 24.3 Å². The number of anilines is 1. The van der Waals surface area contributed by atoms with Crippen molar-refractivity contribution in [2.45, 2.75) is 11.8 Å². The highest BCUT2D eigenvalue weighted by Gasteiger charge is 2.14. The minimum atomic E-state index is -3.33. The zero-order valence-corrected chi connectivity index (χ0v) is 12.1. The summed E-state index contributed by atoms with van der Waals surface area (Å²) in [5.41, 5.74) is 7.14. The van der Waals surface area contributed by atoms with Gasteiger partial charge in [0.1, 0.15) is 12.4 Å². The second-order valence-corrected chi connectivity index (χ2v) is 6.63. The fourth-order valence-corrected chi connectivity index (χ4v) is 2.99. The van der Waals surface area contributed by atoms with Crippen LogP contribution in [0.1, 0.15) is 5.56 Å². The van der Waals surface area contributed by atoms with Gasteiger partial charge in [-0.05, 0) is 36.8 Å². The molecule has 4 nitrogen and oxygen atoms in total. The Morgan fingerprint density at radius 1 is 1.10 bits per heavy atom. The molecule has 2 aromatic carbocycles. The van der Waals surface area contributed by atoms with Crippen molar-refractivity contribution in [3.8, 4) is 5.75 Å². The summed E-state index contributed by atoms with van der Waals surface area (Å²) in [6.07, 6.45) is 0. The minimum absolute atomic E-state index is 0.0739. The summed E-state index contributed by atoms with van der Waals surface area (Å²) in [4.78, 5) is 0.321. The van der Waals surface area contributed by atoms with E-state index in [0.717, 1.165) is 5.56 Å². The molecule has 0 saturated heterocycles. The topological polar surface area (TPSA) is 69.4 Å². The maximum atomic E-state index is 12.1. The van der Waals surface area contributed by atoms with Gasteiger partial charge in [-0.25, -0.2) is 8.42 Å². The number of nitrogen functional groups attached to an aromatic ring is 1. The van der Waals surface area contributed by atoms with Crippen molar-refractivity contribution in [1.29, 1.82) is 0 Å². The van der Waals surface area contributed by atoms with Crippen LogP contribution in [-0.2, 0) is 9.84 Å². The van der Waals surface area contributed by atoms with E-state index in [9.17, 15) is 8.42 Å². The normalized spacial score (nSPS) is 11.2. The molecular formula is C15H17NO3S. The predicted molar refractivity (Wildman–Crippen MR) is 79.6 cm³/mol.